The smallest absolute Gasteiger partial charge is 0.230 e. The fourth-order valence-corrected chi connectivity index (χ4v) is 2.87. The Labute approximate surface area is 137 Å². The van der Waals surface area contributed by atoms with Gasteiger partial charge in [-0.15, -0.1) is 0 Å². The number of nitrogens with zero attached hydrogens (tertiary/aromatic N) is 3. The van der Waals surface area contributed by atoms with Gasteiger partial charge in [-0.05, 0) is 59.0 Å². The van der Waals surface area contributed by atoms with Gasteiger partial charge in [0.15, 0.2) is 0 Å². The summed E-state index contributed by atoms with van der Waals surface area (Å²) in [6.07, 6.45) is 0.924. The van der Waals surface area contributed by atoms with Crippen LogP contribution in [0, 0.1) is 32.1 Å². The number of hydrogen-bond donors (Lipinski definition) is 1. The molecule has 5 nitrogen and oxygen atoms in total. The number of aryl methyl sites for hydroxylation is 1. The van der Waals surface area contributed by atoms with Crippen LogP contribution >= 0.6 is 11.8 Å². The van der Waals surface area contributed by atoms with Crippen LogP contribution in [0.25, 0.3) is 0 Å². The third-order valence-corrected chi connectivity index (χ3v) is 4.49. The molecule has 0 aliphatic rings. The lowest BCUT2D eigenvalue weighted by molar-refractivity contribution is -0.118. The highest BCUT2D eigenvalue weighted by Gasteiger charge is 2.14. The fraction of sp³-hybridized carbons (Fsp3) is 0.562. The maximum Gasteiger partial charge on any atom is 0.230 e. The van der Waals surface area contributed by atoms with Gasteiger partial charge in [0.25, 0.3) is 0 Å². The van der Waals surface area contributed by atoms with Gasteiger partial charge < -0.3 is 10.2 Å². The average molecular weight is 320 g/mol. The van der Waals surface area contributed by atoms with Gasteiger partial charge in [0.1, 0.15) is 11.1 Å². The Bertz CT molecular complexity index is 578. The molecule has 0 spiro atoms. The minimum Gasteiger partial charge on any atom is -0.355 e. The second-order valence-corrected chi connectivity index (χ2v) is 6.50. The zero-order chi connectivity index (χ0) is 16.7. The summed E-state index contributed by atoms with van der Waals surface area (Å²) in [6, 6.07) is 2.20. The molecule has 0 radical (unpaired) electrons. The summed E-state index contributed by atoms with van der Waals surface area (Å²) in [7, 11) is 4.02. The Hall–Kier alpha value is -1.58. The van der Waals surface area contributed by atoms with Gasteiger partial charge in [-0.2, -0.15) is 5.26 Å². The quantitative estimate of drug-likeness (QED) is 0.615. The lowest BCUT2D eigenvalue weighted by Gasteiger charge is -2.12. The van der Waals surface area contributed by atoms with Crippen molar-refractivity contribution in [3.05, 3.63) is 22.4 Å². The molecule has 1 heterocycles. The van der Waals surface area contributed by atoms with Gasteiger partial charge in [-0.1, -0.05) is 11.8 Å². The summed E-state index contributed by atoms with van der Waals surface area (Å²) in [5.74, 6) is 0.260. The van der Waals surface area contributed by atoms with Crippen molar-refractivity contribution in [2.24, 2.45) is 0 Å². The van der Waals surface area contributed by atoms with Crippen molar-refractivity contribution in [2.75, 3.05) is 32.9 Å². The monoisotopic (exact) mass is 320 g/mol. The molecular formula is C16H24N4OS. The molecule has 0 atom stereocenters. The van der Waals surface area contributed by atoms with Crippen LogP contribution in [0.3, 0.4) is 0 Å². The largest absolute Gasteiger partial charge is 0.355 e. The highest BCUT2D eigenvalue weighted by Crippen LogP contribution is 2.26. The molecule has 1 aromatic heterocycles. The fourth-order valence-electron chi connectivity index (χ4n) is 1.96. The number of carbonyl (C=O) groups is 1. The lowest BCUT2D eigenvalue weighted by Crippen LogP contribution is -2.28. The maximum atomic E-state index is 11.8. The van der Waals surface area contributed by atoms with Gasteiger partial charge >= 0.3 is 0 Å². The van der Waals surface area contributed by atoms with Crippen molar-refractivity contribution in [1.82, 2.24) is 15.2 Å². The molecule has 0 saturated heterocycles. The summed E-state index contributed by atoms with van der Waals surface area (Å²) in [6.45, 7) is 7.43. The van der Waals surface area contributed by atoms with Crippen LogP contribution < -0.4 is 5.32 Å². The summed E-state index contributed by atoms with van der Waals surface area (Å²) in [4.78, 5) is 18.4. The minimum atomic E-state index is -0.0228. The van der Waals surface area contributed by atoms with Gasteiger partial charge in [0, 0.05) is 12.2 Å². The number of aromatic nitrogens is 1. The number of carbonyl (C=O) groups excluding carboxylic acids is 1. The average Bonchev–Trinajstić information content (AvgIpc) is 2.47. The van der Waals surface area contributed by atoms with E-state index >= 15 is 0 Å². The maximum absolute atomic E-state index is 11.8. The third-order valence-electron chi connectivity index (χ3n) is 3.52. The molecule has 1 aromatic rings. The van der Waals surface area contributed by atoms with Crippen molar-refractivity contribution in [1.29, 1.82) is 5.26 Å². The number of rotatable bonds is 7. The van der Waals surface area contributed by atoms with E-state index < -0.39 is 0 Å². The topological polar surface area (TPSA) is 69.0 Å². The predicted octanol–water partition coefficient (Wildman–Crippen LogP) is 2.04. The van der Waals surface area contributed by atoms with Crippen LogP contribution in [-0.2, 0) is 4.79 Å². The Morgan fingerprint density at radius 2 is 2.00 bits per heavy atom. The second kappa shape index (κ2) is 8.76. The molecule has 1 rings (SSSR count). The number of thioether (sulfide) groups is 1. The van der Waals surface area contributed by atoms with Crippen molar-refractivity contribution >= 4 is 17.7 Å². The Morgan fingerprint density at radius 3 is 2.59 bits per heavy atom. The summed E-state index contributed by atoms with van der Waals surface area (Å²) in [5, 5.41) is 12.8. The van der Waals surface area contributed by atoms with Gasteiger partial charge in [0.2, 0.25) is 5.91 Å². The van der Waals surface area contributed by atoms with E-state index in [1.165, 1.54) is 11.8 Å². The molecule has 0 saturated carbocycles. The molecule has 22 heavy (non-hydrogen) atoms. The van der Waals surface area contributed by atoms with Crippen LogP contribution in [-0.4, -0.2) is 48.7 Å². The molecule has 0 aliphatic heterocycles. The molecule has 0 bridgehead atoms. The molecule has 0 fully saturated rings. The lowest BCUT2D eigenvalue weighted by atomic mass is 10.1. The van der Waals surface area contributed by atoms with E-state index in [4.69, 9.17) is 0 Å². The van der Waals surface area contributed by atoms with Gasteiger partial charge in [0.05, 0.1) is 11.3 Å². The molecule has 1 N–H and O–H groups in total. The first-order valence-electron chi connectivity index (χ1n) is 7.29. The van der Waals surface area contributed by atoms with Gasteiger partial charge in [-0.25, -0.2) is 4.98 Å². The molecule has 0 unspecified atom stereocenters. The minimum absolute atomic E-state index is 0.0228. The Balaban J connectivity index is 2.58. The van der Waals surface area contributed by atoms with Crippen LogP contribution in [0.1, 0.15) is 28.8 Å². The molecule has 1 amide bonds. The molecule has 0 aliphatic carbocycles. The highest BCUT2D eigenvalue weighted by atomic mass is 32.2. The number of nitrogens with one attached hydrogen (secondary N) is 1. The highest BCUT2D eigenvalue weighted by molar-refractivity contribution is 8.00. The van der Waals surface area contributed by atoms with Crippen molar-refractivity contribution in [3.8, 4) is 6.07 Å². The van der Waals surface area contributed by atoms with E-state index in [0.717, 1.165) is 29.8 Å². The number of amides is 1. The van der Waals surface area contributed by atoms with Gasteiger partial charge in [-0.3, -0.25) is 4.79 Å². The second-order valence-electron chi connectivity index (χ2n) is 5.53. The van der Waals surface area contributed by atoms with E-state index in [0.29, 0.717) is 17.1 Å². The van der Waals surface area contributed by atoms with Crippen LogP contribution in [0.15, 0.2) is 5.03 Å². The molecule has 120 valence electrons. The standard InChI is InChI=1S/C16H24N4OS/c1-11-12(2)14(9-17)16(19-13(11)3)22-10-15(21)18-7-6-8-20(4)5/h6-8,10H2,1-5H3,(H,18,21). The Morgan fingerprint density at radius 1 is 1.32 bits per heavy atom. The molecule has 6 heteroatoms. The SMILES string of the molecule is Cc1nc(SCC(=O)NCCCN(C)C)c(C#N)c(C)c1C. The zero-order valence-corrected chi connectivity index (χ0v) is 14.8. The zero-order valence-electron chi connectivity index (χ0n) is 14.0. The van der Waals surface area contributed by atoms with E-state index in [2.05, 4.69) is 21.3 Å². The first kappa shape index (κ1) is 18.5. The Kier molecular flexibility index (Phi) is 7.36. The molecular weight excluding hydrogens is 296 g/mol. The number of pyridine rings is 1. The summed E-state index contributed by atoms with van der Waals surface area (Å²) < 4.78 is 0. The van der Waals surface area contributed by atoms with Crippen molar-refractivity contribution < 1.29 is 4.79 Å². The first-order chi connectivity index (χ1) is 10.4. The third kappa shape index (κ3) is 5.32. The summed E-state index contributed by atoms with van der Waals surface area (Å²) in [5.41, 5.74) is 3.47. The van der Waals surface area contributed by atoms with Crippen LogP contribution in [0.5, 0.6) is 0 Å². The summed E-state index contributed by atoms with van der Waals surface area (Å²) >= 11 is 1.33. The van der Waals surface area contributed by atoms with Crippen molar-refractivity contribution in [3.63, 3.8) is 0 Å². The van der Waals surface area contributed by atoms with E-state index in [-0.39, 0.29) is 11.7 Å². The van der Waals surface area contributed by atoms with Crippen molar-refractivity contribution in [2.45, 2.75) is 32.2 Å². The molecule has 0 aromatic carbocycles. The van der Waals surface area contributed by atoms with Crippen LogP contribution in [0.2, 0.25) is 0 Å². The first-order valence-corrected chi connectivity index (χ1v) is 8.27. The number of nitriles is 1. The number of hydrogen-bond acceptors (Lipinski definition) is 5. The van der Waals surface area contributed by atoms with Crippen LogP contribution in [0.4, 0.5) is 0 Å². The predicted molar refractivity (Wildman–Crippen MR) is 90.1 cm³/mol. The van der Waals surface area contributed by atoms with E-state index in [9.17, 15) is 10.1 Å². The van der Waals surface area contributed by atoms with E-state index in [1.807, 2.05) is 34.9 Å². The normalized spacial score (nSPS) is 10.6. The van der Waals surface area contributed by atoms with E-state index in [1.54, 1.807) is 0 Å².